The van der Waals surface area contributed by atoms with Crippen molar-refractivity contribution in [3.8, 4) is 0 Å². The van der Waals surface area contributed by atoms with Crippen molar-refractivity contribution in [1.29, 1.82) is 0 Å². The maximum absolute atomic E-state index is 12.8. The quantitative estimate of drug-likeness (QED) is 0.406. The summed E-state index contributed by atoms with van der Waals surface area (Å²) < 4.78 is 4.88. The van der Waals surface area contributed by atoms with Crippen LogP contribution in [-0.4, -0.2) is 30.9 Å². The van der Waals surface area contributed by atoms with Crippen molar-refractivity contribution in [2.45, 2.75) is 57.9 Å². The molecule has 1 aliphatic carbocycles. The van der Waals surface area contributed by atoms with Gasteiger partial charge in [0, 0.05) is 17.2 Å². The van der Waals surface area contributed by atoms with E-state index in [1.54, 1.807) is 18.2 Å². The van der Waals surface area contributed by atoms with E-state index in [4.69, 9.17) is 27.9 Å². The molecule has 0 bridgehead atoms. The summed E-state index contributed by atoms with van der Waals surface area (Å²) >= 11 is 11.9. The molecule has 0 aliphatic heterocycles. The van der Waals surface area contributed by atoms with Crippen LogP contribution in [0.2, 0.25) is 10.0 Å². The Morgan fingerprint density at radius 1 is 1.00 bits per heavy atom. The molecule has 0 aromatic heterocycles. The number of rotatable bonds is 8. The maximum Gasteiger partial charge on any atom is 0.328 e. The summed E-state index contributed by atoms with van der Waals surface area (Å²) in [5.41, 5.74) is 2.31. The largest absolute Gasteiger partial charge is 0.467 e. The standard InChI is InChI=1S/C27H32Cl2N2O4/c1-4-16(2)24(27(34)35-3)31-25(32)19-7-5-17(6-8-19)18-9-12-21(13-10-18)30-26(33)20-11-14-22(28)23(29)15-20/h9-17,19,24H,4-8H2,1-3H3,(H,30,33)(H,31,32)/t16?,17-,19-,24-/m0/s1. The van der Waals surface area contributed by atoms with Gasteiger partial charge < -0.3 is 15.4 Å². The van der Waals surface area contributed by atoms with Gasteiger partial charge in [0.15, 0.2) is 0 Å². The highest BCUT2D eigenvalue weighted by Gasteiger charge is 2.32. The van der Waals surface area contributed by atoms with Crippen LogP contribution in [0.25, 0.3) is 0 Å². The first-order valence-corrected chi connectivity index (χ1v) is 12.7. The molecule has 0 saturated heterocycles. The van der Waals surface area contributed by atoms with Crippen LogP contribution in [-0.2, 0) is 14.3 Å². The van der Waals surface area contributed by atoms with Crippen LogP contribution in [0.3, 0.4) is 0 Å². The van der Waals surface area contributed by atoms with Gasteiger partial charge in [-0.3, -0.25) is 9.59 Å². The molecule has 2 aromatic carbocycles. The molecular weight excluding hydrogens is 487 g/mol. The summed E-state index contributed by atoms with van der Waals surface area (Å²) in [6, 6.07) is 12.0. The Morgan fingerprint density at radius 2 is 1.66 bits per heavy atom. The van der Waals surface area contributed by atoms with Crippen molar-refractivity contribution < 1.29 is 19.1 Å². The van der Waals surface area contributed by atoms with Gasteiger partial charge in [0.1, 0.15) is 6.04 Å². The van der Waals surface area contributed by atoms with Crippen molar-refractivity contribution >= 4 is 46.7 Å². The molecule has 2 N–H and O–H groups in total. The van der Waals surface area contributed by atoms with Crippen LogP contribution in [0.5, 0.6) is 0 Å². The Morgan fingerprint density at radius 3 is 2.23 bits per heavy atom. The minimum Gasteiger partial charge on any atom is -0.467 e. The van der Waals surface area contributed by atoms with Crippen molar-refractivity contribution in [2.75, 3.05) is 12.4 Å². The van der Waals surface area contributed by atoms with Gasteiger partial charge in [-0.1, -0.05) is 55.6 Å². The van der Waals surface area contributed by atoms with E-state index < -0.39 is 12.0 Å². The molecule has 3 rings (SSSR count). The molecule has 2 amide bonds. The number of halogens is 2. The molecule has 2 aromatic rings. The summed E-state index contributed by atoms with van der Waals surface area (Å²) in [5.74, 6) is -0.465. The molecule has 6 nitrogen and oxygen atoms in total. The molecule has 1 aliphatic rings. The molecular formula is C27H32Cl2N2O4. The molecule has 188 valence electrons. The van der Waals surface area contributed by atoms with Gasteiger partial charge >= 0.3 is 5.97 Å². The minimum absolute atomic E-state index is 0.0124. The predicted molar refractivity (Wildman–Crippen MR) is 139 cm³/mol. The van der Waals surface area contributed by atoms with Gasteiger partial charge in [0.05, 0.1) is 17.2 Å². The molecule has 1 saturated carbocycles. The second-order valence-electron chi connectivity index (χ2n) is 9.15. The van der Waals surface area contributed by atoms with Crippen molar-refractivity contribution in [3.05, 3.63) is 63.6 Å². The van der Waals surface area contributed by atoms with Crippen LogP contribution in [0.4, 0.5) is 5.69 Å². The number of hydrogen-bond donors (Lipinski definition) is 2. The van der Waals surface area contributed by atoms with Gasteiger partial charge in [-0.2, -0.15) is 0 Å². The first-order chi connectivity index (χ1) is 16.7. The van der Waals surface area contributed by atoms with E-state index in [0.717, 1.165) is 32.1 Å². The first-order valence-electron chi connectivity index (χ1n) is 12.0. The SMILES string of the molecule is CCC(C)[C@H](NC(=O)[C@H]1CC[C@H](c2ccc(NC(=O)c3ccc(Cl)c(Cl)c3)cc2)CC1)C(=O)OC. The number of methoxy groups -OCH3 is 1. The zero-order chi connectivity index (χ0) is 25.5. The molecule has 35 heavy (non-hydrogen) atoms. The zero-order valence-corrected chi connectivity index (χ0v) is 21.8. The second kappa shape index (κ2) is 12.4. The number of esters is 1. The van der Waals surface area contributed by atoms with Gasteiger partial charge in [-0.05, 0) is 73.4 Å². The fourth-order valence-electron chi connectivity index (χ4n) is 4.44. The molecule has 0 radical (unpaired) electrons. The van der Waals surface area contributed by atoms with E-state index in [1.807, 2.05) is 38.1 Å². The molecule has 1 unspecified atom stereocenters. The highest BCUT2D eigenvalue weighted by atomic mass is 35.5. The first kappa shape index (κ1) is 27.0. The Hall–Kier alpha value is -2.57. The van der Waals surface area contributed by atoms with Crippen LogP contribution in [0.15, 0.2) is 42.5 Å². The normalized spacial score (nSPS) is 19.3. The molecule has 0 heterocycles. The zero-order valence-electron chi connectivity index (χ0n) is 20.3. The van der Waals surface area contributed by atoms with Crippen LogP contribution in [0.1, 0.15) is 67.8 Å². The highest BCUT2D eigenvalue weighted by Crippen LogP contribution is 2.36. The van der Waals surface area contributed by atoms with Crippen LogP contribution < -0.4 is 10.6 Å². The fourth-order valence-corrected chi connectivity index (χ4v) is 4.73. The number of carbonyl (C=O) groups is 3. The second-order valence-corrected chi connectivity index (χ2v) is 9.96. The van der Waals surface area contributed by atoms with E-state index in [9.17, 15) is 14.4 Å². The predicted octanol–water partition coefficient (Wildman–Crippen LogP) is 6.22. The van der Waals surface area contributed by atoms with Gasteiger partial charge in [-0.15, -0.1) is 0 Å². The minimum atomic E-state index is -0.609. The Kier molecular flexibility index (Phi) is 9.58. The maximum atomic E-state index is 12.8. The number of amides is 2. The molecule has 1 fully saturated rings. The number of benzene rings is 2. The third kappa shape index (κ3) is 6.98. The lowest BCUT2D eigenvalue weighted by molar-refractivity contribution is -0.147. The summed E-state index contributed by atoms with van der Waals surface area (Å²) in [6.45, 7) is 3.93. The number of anilines is 1. The van der Waals surface area contributed by atoms with E-state index in [-0.39, 0.29) is 23.7 Å². The number of carbonyl (C=O) groups excluding carboxylic acids is 3. The number of ether oxygens (including phenoxy) is 1. The Labute approximate surface area is 216 Å². The highest BCUT2D eigenvalue weighted by molar-refractivity contribution is 6.42. The lowest BCUT2D eigenvalue weighted by Gasteiger charge is -2.30. The summed E-state index contributed by atoms with van der Waals surface area (Å²) in [4.78, 5) is 37.4. The fraction of sp³-hybridized carbons (Fsp3) is 0.444. The summed E-state index contributed by atoms with van der Waals surface area (Å²) in [7, 11) is 1.35. The smallest absolute Gasteiger partial charge is 0.328 e. The Bertz CT molecular complexity index is 1050. The van der Waals surface area contributed by atoms with E-state index >= 15 is 0 Å². The van der Waals surface area contributed by atoms with Gasteiger partial charge in [-0.25, -0.2) is 4.79 Å². The van der Waals surface area contributed by atoms with E-state index in [0.29, 0.717) is 27.2 Å². The van der Waals surface area contributed by atoms with Crippen molar-refractivity contribution in [2.24, 2.45) is 11.8 Å². The van der Waals surface area contributed by atoms with E-state index in [2.05, 4.69) is 10.6 Å². The van der Waals surface area contributed by atoms with Crippen molar-refractivity contribution in [3.63, 3.8) is 0 Å². The Balaban J connectivity index is 1.54. The van der Waals surface area contributed by atoms with Crippen LogP contribution >= 0.6 is 23.2 Å². The average molecular weight is 519 g/mol. The molecule has 0 spiro atoms. The number of hydrogen-bond acceptors (Lipinski definition) is 4. The average Bonchev–Trinajstić information content (AvgIpc) is 2.88. The van der Waals surface area contributed by atoms with Gasteiger partial charge in [0.25, 0.3) is 5.91 Å². The third-order valence-electron chi connectivity index (χ3n) is 6.89. The van der Waals surface area contributed by atoms with Crippen molar-refractivity contribution in [1.82, 2.24) is 5.32 Å². The third-order valence-corrected chi connectivity index (χ3v) is 7.62. The summed E-state index contributed by atoms with van der Waals surface area (Å²) in [5, 5.41) is 6.53. The van der Waals surface area contributed by atoms with Gasteiger partial charge in [0.2, 0.25) is 5.91 Å². The van der Waals surface area contributed by atoms with Crippen LogP contribution in [0, 0.1) is 11.8 Å². The summed E-state index contributed by atoms with van der Waals surface area (Å²) in [6.07, 6.45) is 4.08. The number of nitrogens with one attached hydrogen (secondary N) is 2. The lowest BCUT2D eigenvalue weighted by Crippen LogP contribution is -2.48. The topological polar surface area (TPSA) is 84.5 Å². The molecule has 8 heteroatoms. The lowest BCUT2D eigenvalue weighted by atomic mass is 9.78. The monoisotopic (exact) mass is 518 g/mol. The molecule has 2 atom stereocenters. The van der Waals surface area contributed by atoms with E-state index in [1.165, 1.54) is 12.7 Å².